The maximum atomic E-state index is 9.45. The molecule has 1 aromatic carbocycles. The van der Waals surface area contributed by atoms with Gasteiger partial charge < -0.3 is 10.4 Å². The Kier molecular flexibility index (Phi) is 4.43. The summed E-state index contributed by atoms with van der Waals surface area (Å²) in [6, 6.07) is 8.15. The van der Waals surface area contributed by atoms with Gasteiger partial charge in [0.25, 0.3) is 0 Å². The van der Waals surface area contributed by atoms with Gasteiger partial charge in [0.1, 0.15) is 0 Å². The van der Waals surface area contributed by atoms with Gasteiger partial charge in [0.15, 0.2) is 0 Å². The van der Waals surface area contributed by atoms with Crippen LogP contribution in [0.25, 0.3) is 0 Å². The molecule has 94 valence electrons. The summed E-state index contributed by atoms with van der Waals surface area (Å²) < 4.78 is 0. The second kappa shape index (κ2) is 5.85. The van der Waals surface area contributed by atoms with Crippen molar-refractivity contribution in [2.24, 2.45) is 5.92 Å². The standard InChI is InChI=1S/C14H20ClNO/c1-10(8-11-2-3-11)16-14(9-17)12-4-6-13(15)7-5-12/h4-7,10-11,14,16-17H,2-3,8-9H2,1H3. The highest BCUT2D eigenvalue weighted by molar-refractivity contribution is 6.30. The van der Waals surface area contributed by atoms with E-state index < -0.39 is 0 Å². The summed E-state index contributed by atoms with van der Waals surface area (Å²) in [4.78, 5) is 0. The van der Waals surface area contributed by atoms with Gasteiger partial charge in [0, 0.05) is 11.1 Å². The molecule has 1 aliphatic rings. The highest BCUT2D eigenvalue weighted by atomic mass is 35.5. The van der Waals surface area contributed by atoms with Gasteiger partial charge in [0.05, 0.1) is 12.6 Å². The Morgan fingerprint density at radius 2 is 2.00 bits per heavy atom. The van der Waals surface area contributed by atoms with E-state index in [1.54, 1.807) is 0 Å². The minimum atomic E-state index is 0.0148. The van der Waals surface area contributed by atoms with Gasteiger partial charge in [-0.25, -0.2) is 0 Å². The van der Waals surface area contributed by atoms with Crippen LogP contribution in [-0.4, -0.2) is 17.8 Å². The van der Waals surface area contributed by atoms with E-state index >= 15 is 0 Å². The topological polar surface area (TPSA) is 32.3 Å². The van der Waals surface area contributed by atoms with E-state index in [-0.39, 0.29) is 12.6 Å². The van der Waals surface area contributed by atoms with Crippen molar-refractivity contribution < 1.29 is 5.11 Å². The maximum Gasteiger partial charge on any atom is 0.0626 e. The molecule has 1 fully saturated rings. The summed E-state index contributed by atoms with van der Waals surface area (Å²) in [7, 11) is 0. The Morgan fingerprint density at radius 3 is 2.53 bits per heavy atom. The van der Waals surface area contributed by atoms with Crippen LogP contribution in [0.15, 0.2) is 24.3 Å². The molecular weight excluding hydrogens is 234 g/mol. The zero-order valence-corrected chi connectivity index (χ0v) is 11.0. The smallest absolute Gasteiger partial charge is 0.0626 e. The Labute approximate surface area is 108 Å². The normalized spacial score (nSPS) is 19.0. The molecule has 0 aliphatic heterocycles. The molecule has 2 rings (SSSR count). The molecule has 2 N–H and O–H groups in total. The number of aliphatic hydroxyl groups is 1. The maximum absolute atomic E-state index is 9.45. The number of rotatable bonds is 6. The third-order valence-electron chi connectivity index (χ3n) is 3.32. The second-order valence-corrected chi connectivity index (χ2v) is 5.47. The highest BCUT2D eigenvalue weighted by Gasteiger charge is 2.24. The molecule has 0 amide bonds. The lowest BCUT2D eigenvalue weighted by molar-refractivity contribution is 0.232. The van der Waals surface area contributed by atoms with Crippen molar-refractivity contribution in [3.8, 4) is 0 Å². The Morgan fingerprint density at radius 1 is 1.35 bits per heavy atom. The fourth-order valence-corrected chi connectivity index (χ4v) is 2.34. The summed E-state index contributed by atoms with van der Waals surface area (Å²) in [5.41, 5.74) is 1.10. The molecule has 0 bridgehead atoms. The minimum absolute atomic E-state index is 0.0148. The lowest BCUT2D eigenvalue weighted by Gasteiger charge is -2.22. The molecule has 0 aromatic heterocycles. The van der Waals surface area contributed by atoms with Crippen LogP contribution in [0.4, 0.5) is 0 Å². The zero-order valence-electron chi connectivity index (χ0n) is 10.2. The quantitative estimate of drug-likeness (QED) is 0.816. The van der Waals surface area contributed by atoms with Gasteiger partial charge in [-0.3, -0.25) is 0 Å². The van der Waals surface area contributed by atoms with E-state index in [1.807, 2.05) is 24.3 Å². The van der Waals surface area contributed by atoms with Crippen LogP contribution in [0, 0.1) is 5.92 Å². The molecule has 1 aliphatic carbocycles. The van der Waals surface area contributed by atoms with Crippen LogP contribution in [0.1, 0.15) is 37.8 Å². The van der Waals surface area contributed by atoms with Crippen LogP contribution < -0.4 is 5.32 Å². The third kappa shape index (κ3) is 3.98. The predicted molar refractivity (Wildman–Crippen MR) is 71.2 cm³/mol. The van der Waals surface area contributed by atoms with Crippen molar-refractivity contribution in [3.05, 3.63) is 34.9 Å². The first-order valence-electron chi connectivity index (χ1n) is 6.31. The number of nitrogens with one attached hydrogen (secondary N) is 1. The molecule has 2 nitrogen and oxygen atoms in total. The van der Waals surface area contributed by atoms with E-state index in [9.17, 15) is 5.11 Å². The lowest BCUT2D eigenvalue weighted by atomic mass is 10.1. The summed E-state index contributed by atoms with van der Waals surface area (Å²) in [6.45, 7) is 2.31. The van der Waals surface area contributed by atoms with Crippen LogP contribution in [0.2, 0.25) is 5.02 Å². The molecule has 17 heavy (non-hydrogen) atoms. The monoisotopic (exact) mass is 253 g/mol. The van der Waals surface area contributed by atoms with E-state index in [1.165, 1.54) is 19.3 Å². The van der Waals surface area contributed by atoms with Crippen molar-refractivity contribution in [3.63, 3.8) is 0 Å². The van der Waals surface area contributed by atoms with Crippen LogP contribution >= 0.6 is 11.6 Å². The summed E-state index contributed by atoms with van der Waals surface area (Å²) in [6.07, 6.45) is 3.96. The van der Waals surface area contributed by atoms with Gasteiger partial charge in [-0.2, -0.15) is 0 Å². The minimum Gasteiger partial charge on any atom is -0.394 e. The fraction of sp³-hybridized carbons (Fsp3) is 0.571. The van der Waals surface area contributed by atoms with Gasteiger partial charge in [0.2, 0.25) is 0 Å². The van der Waals surface area contributed by atoms with Crippen molar-refractivity contribution in [1.82, 2.24) is 5.32 Å². The van der Waals surface area contributed by atoms with E-state index in [0.717, 1.165) is 16.5 Å². The Bertz CT molecular complexity index is 348. The highest BCUT2D eigenvalue weighted by Crippen LogP contribution is 2.33. The number of hydrogen-bond acceptors (Lipinski definition) is 2. The second-order valence-electron chi connectivity index (χ2n) is 5.03. The van der Waals surface area contributed by atoms with Crippen molar-refractivity contribution in [2.45, 2.75) is 38.3 Å². The van der Waals surface area contributed by atoms with Crippen LogP contribution in [-0.2, 0) is 0 Å². The van der Waals surface area contributed by atoms with Crippen molar-refractivity contribution in [2.75, 3.05) is 6.61 Å². The zero-order chi connectivity index (χ0) is 12.3. The molecule has 2 unspecified atom stereocenters. The van der Waals surface area contributed by atoms with Gasteiger partial charge in [-0.1, -0.05) is 36.6 Å². The molecule has 0 heterocycles. The van der Waals surface area contributed by atoms with Crippen LogP contribution in [0.5, 0.6) is 0 Å². The summed E-state index contributed by atoms with van der Waals surface area (Å²) >= 11 is 5.86. The van der Waals surface area contributed by atoms with Crippen LogP contribution in [0.3, 0.4) is 0 Å². The molecule has 0 saturated heterocycles. The molecule has 1 aromatic rings. The molecular formula is C14H20ClNO. The summed E-state index contributed by atoms with van der Waals surface area (Å²) in [5, 5.41) is 13.7. The first-order valence-corrected chi connectivity index (χ1v) is 6.69. The SMILES string of the molecule is CC(CC1CC1)NC(CO)c1ccc(Cl)cc1. The predicted octanol–water partition coefficient (Wildman–Crippen LogP) is 3.15. The van der Waals surface area contributed by atoms with Crippen molar-refractivity contribution in [1.29, 1.82) is 0 Å². The van der Waals surface area contributed by atoms with E-state index in [4.69, 9.17) is 11.6 Å². The molecule has 1 saturated carbocycles. The number of aliphatic hydroxyl groups excluding tert-OH is 1. The van der Waals surface area contributed by atoms with Crippen molar-refractivity contribution >= 4 is 11.6 Å². The van der Waals surface area contributed by atoms with E-state index in [0.29, 0.717) is 6.04 Å². The van der Waals surface area contributed by atoms with E-state index in [2.05, 4.69) is 12.2 Å². The average Bonchev–Trinajstić information content (AvgIpc) is 3.11. The van der Waals surface area contributed by atoms with Gasteiger partial charge in [-0.15, -0.1) is 0 Å². The molecule has 0 radical (unpaired) electrons. The number of benzene rings is 1. The first-order chi connectivity index (χ1) is 8.19. The molecule has 0 spiro atoms. The first kappa shape index (κ1) is 12.9. The Balaban J connectivity index is 1.92. The summed E-state index contributed by atoms with van der Waals surface area (Å²) in [5.74, 6) is 0.905. The molecule has 2 atom stereocenters. The Hall–Kier alpha value is -0.570. The number of halogens is 1. The average molecular weight is 254 g/mol. The molecule has 3 heteroatoms. The third-order valence-corrected chi connectivity index (χ3v) is 3.58. The lowest BCUT2D eigenvalue weighted by Crippen LogP contribution is -2.33. The van der Waals surface area contributed by atoms with Gasteiger partial charge >= 0.3 is 0 Å². The number of hydrogen-bond donors (Lipinski definition) is 2. The fourth-order valence-electron chi connectivity index (χ4n) is 2.21. The largest absolute Gasteiger partial charge is 0.394 e. The van der Waals surface area contributed by atoms with Gasteiger partial charge in [-0.05, 0) is 37.0 Å².